The summed E-state index contributed by atoms with van der Waals surface area (Å²) < 4.78 is 45.5. The topological polar surface area (TPSA) is 67.8 Å². The molecule has 0 radical (unpaired) electrons. The number of aliphatic hydroxyl groups excluding tert-OH is 1. The Morgan fingerprint density at radius 1 is 1.23 bits per heavy atom. The van der Waals surface area contributed by atoms with Gasteiger partial charge in [0.15, 0.2) is 0 Å². The zero-order valence-corrected chi connectivity index (χ0v) is 13.5. The highest BCUT2D eigenvalue weighted by Crippen LogP contribution is 2.28. The van der Waals surface area contributed by atoms with Gasteiger partial charge in [0.2, 0.25) is 0 Å². The van der Waals surface area contributed by atoms with Crippen molar-refractivity contribution in [1.82, 2.24) is 5.32 Å². The van der Waals surface area contributed by atoms with Gasteiger partial charge in [-0.1, -0.05) is 6.07 Å². The fraction of sp³-hybridized carbons (Fsp3) is 0.278. The Kier molecular flexibility index (Phi) is 5.03. The summed E-state index contributed by atoms with van der Waals surface area (Å²) in [6.45, 7) is 0.582. The molecule has 1 atom stereocenters. The molecule has 0 saturated heterocycles. The fourth-order valence-electron chi connectivity index (χ4n) is 2.63. The van der Waals surface area contributed by atoms with Crippen LogP contribution < -0.4 is 14.8 Å². The van der Waals surface area contributed by atoms with Crippen LogP contribution in [0.5, 0.6) is 11.5 Å². The van der Waals surface area contributed by atoms with Gasteiger partial charge in [0.05, 0.1) is 12.7 Å². The molecule has 0 spiro atoms. The van der Waals surface area contributed by atoms with Gasteiger partial charge in [-0.05, 0) is 47.5 Å². The first-order valence-electron chi connectivity index (χ1n) is 7.89. The molecule has 0 saturated carbocycles. The molecule has 2 aromatic rings. The molecule has 1 aliphatic rings. The number of ether oxygens (including phenoxy) is 2. The number of aliphatic hydroxyl groups is 1. The first kappa shape index (κ1) is 18.1. The average Bonchev–Trinajstić information content (AvgIpc) is 3.06. The van der Waals surface area contributed by atoms with E-state index in [2.05, 4.69) is 10.1 Å². The number of carbonyl (C=O) groups is 1. The van der Waals surface area contributed by atoms with Crippen LogP contribution in [-0.4, -0.2) is 30.5 Å². The number of fused-ring (bicyclic) bond motifs is 1. The third-order valence-electron chi connectivity index (χ3n) is 3.90. The van der Waals surface area contributed by atoms with E-state index >= 15 is 0 Å². The minimum atomic E-state index is -4.78. The Hall–Kier alpha value is -2.74. The Morgan fingerprint density at radius 2 is 1.96 bits per heavy atom. The van der Waals surface area contributed by atoms with Gasteiger partial charge in [-0.15, -0.1) is 13.2 Å². The second kappa shape index (κ2) is 7.25. The summed E-state index contributed by atoms with van der Waals surface area (Å²) in [5, 5.41) is 12.8. The van der Waals surface area contributed by atoms with Crippen molar-refractivity contribution in [3.63, 3.8) is 0 Å². The van der Waals surface area contributed by atoms with Crippen LogP contribution >= 0.6 is 0 Å². The lowest BCUT2D eigenvalue weighted by Crippen LogP contribution is -2.28. The molecule has 0 bridgehead atoms. The highest BCUT2D eigenvalue weighted by atomic mass is 19.4. The summed E-state index contributed by atoms with van der Waals surface area (Å²) in [5.74, 6) is -0.118. The van der Waals surface area contributed by atoms with E-state index in [4.69, 9.17) is 4.74 Å². The highest BCUT2D eigenvalue weighted by Gasteiger charge is 2.31. The van der Waals surface area contributed by atoms with Gasteiger partial charge in [-0.2, -0.15) is 0 Å². The third kappa shape index (κ3) is 4.45. The number of nitrogens with one attached hydrogen (secondary N) is 1. The highest BCUT2D eigenvalue weighted by molar-refractivity contribution is 5.94. The van der Waals surface area contributed by atoms with Crippen LogP contribution in [0.1, 0.15) is 27.6 Å². The van der Waals surface area contributed by atoms with E-state index in [1.165, 1.54) is 12.1 Å². The molecular formula is C18H16F3NO4. The van der Waals surface area contributed by atoms with Crippen LogP contribution in [-0.2, 0) is 6.42 Å². The number of rotatable bonds is 5. The van der Waals surface area contributed by atoms with Gasteiger partial charge >= 0.3 is 6.36 Å². The molecule has 1 heterocycles. The SMILES string of the molecule is O=C(NC[C@H](O)c1ccc2c(c1)CCO2)c1ccc(OC(F)(F)F)cc1. The Labute approximate surface area is 147 Å². The quantitative estimate of drug-likeness (QED) is 0.853. The molecule has 26 heavy (non-hydrogen) atoms. The van der Waals surface area contributed by atoms with Crippen molar-refractivity contribution in [3.8, 4) is 11.5 Å². The number of hydrogen-bond acceptors (Lipinski definition) is 4. The molecular weight excluding hydrogens is 351 g/mol. The lowest BCUT2D eigenvalue weighted by atomic mass is 10.0. The minimum Gasteiger partial charge on any atom is -0.493 e. The molecule has 0 aliphatic carbocycles. The number of halogens is 3. The summed E-state index contributed by atoms with van der Waals surface area (Å²) in [4.78, 5) is 12.1. The zero-order valence-electron chi connectivity index (χ0n) is 13.5. The van der Waals surface area contributed by atoms with E-state index in [9.17, 15) is 23.1 Å². The molecule has 1 amide bonds. The molecule has 138 valence electrons. The van der Waals surface area contributed by atoms with Gasteiger partial charge < -0.3 is 19.9 Å². The molecule has 0 aromatic heterocycles. The number of amides is 1. The molecule has 0 unspecified atom stereocenters. The van der Waals surface area contributed by atoms with Crippen molar-refractivity contribution in [2.24, 2.45) is 0 Å². The summed E-state index contributed by atoms with van der Waals surface area (Å²) >= 11 is 0. The van der Waals surface area contributed by atoms with Crippen LogP contribution in [0.25, 0.3) is 0 Å². The zero-order chi connectivity index (χ0) is 18.7. The maximum atomic E-state index is 12.1. The first-order valence-corrected chi connectivity index (χ1v) is 7.89. The van der Waals surface area contributed by atoms with E-state index in [-0.39, 0.29) is 12.1 Å². The lowest BCUT2D eigenvalue weighted by Gasteiger charge is -2.14. The molecule has 2 aromatic carbocycles. The van der Waals surface area contributed by atoms with E-state index in [0.29, 0.717) is 12.2 Å². The van der Waals surface area contributed by atoms with E-state index in [0.717, 1.165) is 29.9 Å². The summed E-state index contributed by atoms with van der Waals surface area (Å²) in [6.07, 6.45) is -4.92. The molecule has 5 nitrogen and oxygen atoms in total. The first-order chi connectivity index (χ1) is 12.3. The molecule has 0 fully saturated rings. The molecule has 2 N–H and O–H groups in total. The normalized spacial score (nSPS) is 14.3. The Morgan fingerprint density at radius 3 is 2.65 bits per heavy atom. The van der Waals surface area contributed by atoms with Gasteiger partial charge in [-0.3, -0.25) is 4.79 Å². The van der Waals surface area contributed by atoms with Crippen molar-refractivity contribution < 1.29 is 32.5 Å². The van der Waals surface area contributed by atoms with E-state index < -0.39 is 24.1 Å². The number of benzene rings is 2. The van der Waals surface area contributed by atoms with Crippen LogP contribution in [0.3, 0.4) is 0 Å². The van der Waals surface area contributed by atoms with Crippen molar-refractivity contribution in [3.05, 3.63) is 59.2 Å². The lowest BCUT2D eigenvalue weighted by molar-refractivity contribution is -0.274. The molecule has 3 rings (SSSR count). The second-order valence-electron chi connectivity index (χ2n) is 5.76. The van der Waals surface area contributed by atoms with Gasteiger partial charge in [-0.25, -0.2) is 0 Å². The smallest absolute Gasteiger partial charge is 0.493 e. The predicted molar refractivity (Wildman–Crippen MR) is 86.1 cm³/mol. The average molecular weight is 367 g/mol. The van der Waals surface area contributed by atoms with Crippen LogP contribution in [0.15, 0.2) is 42.5 Å². The summed E-state index contributed by atoms with van der Waals surface area (Å²) in [5.41, 5.74) is 1.82. The second-order valence-corrected chi connectivity index (χ2v) is 5.76. The van der Waals surface area contributed by atoms with Gasteiger partial charge in [0, 0.05) is 18.5 Å². The summed E-state index contributed by atoms with van der Waals surface area (Å²) in [6, 6.07) is 9.89. The number of carbonyl (C=O) groups excluding carboxylic acids is 1. The van der Waals surface area contributed by atoms with Crippen LogP contribution in [0.2, 0.25) is 0 Å². The molecule has 8 heteroatoms. The van der Waals surface area contributed by atoms with Gasteiger partial charge in [0.1, 0.15) is 11.5 Å². The number of alkyl halides is 3. The Balaban J connectivity index is 1.56. The minimum absolute atomic E-state index is 0.0285. The standard InChI is InChI=1S/C18H16F3NO4/c19-18(20,21)26-14-4-1-11(2-5-14)17(24)22-10-15(23)12-3-6-16-13(9-12)7-8-25-16/h1-6,9,15,23H,7-8,10H2,(H,22,24)/t15-/m0/s1. The van der Waals surface area contributed by atoms with Crippen molar-refractivity contribution in [2.75, 3.05) is 13.2 Å². The maximum Gasteiger partial charge on any atom is 0.573 e. The molecule has 1 aliphatic heterocycles. The fourth-order valence-corrected chi connectivity index (χ4v) is 2.63. The third-order valence-corrected chi connectivity index (χ3v) is 3.90. The van der Waals surface area contributed by atoms with Crippen LogP contribution in [0, 0.1) is 0 Å². The van der Waals surface area contributed by atoms with E-state index in [1.54, 1.807) is 12.1 Å². The van der Waals surface area contributed by atoms with Crippen LogP contribution in [0.4, 0.5) is 13.2 Å². The number of hydrogen-bond donors (Lipinski definition) is 2. The van der Waals surface area contributed by atoms with Gasteiger partial charge in [0.25, 0.3) is 5.91 Å². The van der Waals surface area contributed by atoms with E-state index in [1.807, 2.05) is 6.07 Å². The summed E-state index contributed by atoms with van der Waals surface area (Å²) in [7, 11) is 0. The Bertz CT molecular complexity index is 790. The largest absolute Gasteiger partial charge is 0.573 e. The van der Waals surface area contributed by atoms with Crippen molar-refractivity contribution in [2.45, 2.75) is 18.9 Å². The van der Waals surface area contributed by atoms with Crippen molar-refractivity contribution >= 4 is 5.91 Å². The van der Waals surface area contributed by atoms with Crippen molar-refractivity contribution in [1.29, 1.82) is 0 Å². The predicted octanol–water partition coefficient (Wildman–Crippen LogP) is 2.98. The maximum absolute atomic E-state index is 12.1. The monoisotopic (exact) mass is 367 g/mol.